The molecule has 1 N–H and O–H groups in total. The minimum atomic E-state index is -0.160. The maximum atomic E-state index is 11.7. The van der Waals surface area contributed by atoms with E-state index < -0.39 is 0 Å². The van der Waals surface area contributed by atoms with Crippen LogP contribution < -0.4 is 5.32 Å². The van der Waals surface area contributed by atoms with Gasteiger partial charge in [0.25, 0.3) is 0 Å². The van der Waals surface area contributed by atoms with Gasteiger partial charge in [0.1, 0.15) is 0 Å². The molecule has 1 saturated heterocycles. The summed E-state index contributed by atoms with van der Waals surface area (Å²) in [5, 5.41) is 3.13. The summed E-state index contributed by atoms with van der Waals surface area (Å²) in [5.74, 6) is 0.399. The topological polar surface area (TPSA) is 44.8 Å². The average molecular weight is 243 g/mol. The molecule has 0 spiro atoms. The lowest BCUT2D eigenvalue weighted by Gasteiger charge is -2.34. The highest BCUT2D eigenvalue weighted by atomic mass is 16.6. The van der Waals surface area contributed by atoms with Crippen molar-refractivity contribution in [3.63, 3.8) is 0 Å². The molecule has 1 heterocycles. The van der Waals surface area contributed by atoms with Crippen LogP contribution in [0.1, 0.15) is 13.8 Å². The van der Waals surface area contributed by atoms with Crippen molar-refractivity contribution in [2.24, 2.45) is 5.92 Å². The van der Waals surface area contributed by atoms with Crippen molar-refractivity contribution < 1.29 is 9.53 Å². The van der Waals surface area contributed by atoms with E-state index >= 15 is 0 Å². The number of piperazine rings is 1. The number of hydrogen-bond acceptors (Lipinski definition) is 4. The van der Waals surface area contributed by atoms with Gasteiger partial charge >= 0.3 is 6.09 Å². The van der Waals surface area contributed by atoms with Crippen LogP contribution in [0.25, 0.3) is 0 Å². The van der Waals surface area contributed by atoms with Gasteiger partial charge in [0.2, 0.25) is 0 Å². The van der Waals surface area contributed by atoms with Crippen LogP contribution in [0.2, 0.25) is 0 Å². The minimum absolute atomic E-state index is 0.160. The number of carbonyl (C=O) groups is 1. The summed E-state index contributed by atoms with van der Waals surface area (Å²) in [6, 6.07) is 0. The Bertz CT molecular complexity index is 226. The predicted molar refractivity (Wildman–Crippen MR) is 68.1 cm³/mol. The Morgan fingerprint density at radius 1 is 1.29 bits per heavy atom. The molecule has 0 aromatic carbocycles. The summed E-state index contributed by atoms with van der Waals surface area (Å²) < 4.78 is 5.22. The zero-order valence-electron chi connectivity index (χ0n) is 11.2. The molecule has 1 amide bonds. The highest BCUT2D eigenvalue weighted by Gasteiger charge is 2.21. The molecule has 1 fully saturated rings. The van der Waals surface area contributed by atoms with Gasteiger partial charge in [-0.15, -0.1) is 0 Å². The summed E-state index contributed by atoms with van der Waals surface area (Å²) in [7, 11) is 1.96. The fourth-order valence-corrected chi connectivity index (χ4v) is 1.75. The lowest BCUT2D eigenvalue weighted by atomic mass is 10.2. The molecule has 0 radical (unpaired) electrons. The van der Waals surface area contributed by atoms with Gasteiger partial charge in [-0.3, -0.25) is 4.90 Å². The molecule has 1 aliphatic rings. The largest absolute Gasteiger partial charge is 0.449 e. The maximum Gasteiger partial charge on any atom is 0.409 e. The molecular formula is C12H25N3O2. The van der Waals surface area contributed by atoms with Crippen molar-refractivity contribution in [3.05, 3.63) is 0 Å². The molecule has 0 aliphatic carbocycles. The molecule has 0 aromatic heterocycles. The predicted octanol–water partition coefficient (Wildman–Crippen LogP) is 0.616. The molecule has 17 heavy (non-hydrogen) atoms. The summed E-state index contributed by atoms with van der Waals surface area (Å²) in [4.78, 5) is 15.9. The van der Waals surface area contributed by atoms with Gasteiger partial charge in [-0.25, -0.2) is 4.79 Å². The highest BCUT2D eigenvalue weighted by molar-refractivity contribution is 5.67. The van der Waals surface area contributed by atoms with Gasteiger partial charge in [0, 0.05) is 39.3 Å². The molecule has 1 aliphatic heterocycles. The van der Waals surface area contributed by atoms with Crippen LogP contribution in [0, 0.1) is 5.92 Å². The quantitative estimate of drug-likeness (QED) is 0.769. The molecule has 0 saturated carbocycles. The monoisotopic (exact) mass is 243 g/mol. The van der Waals surface area contributed by atoms with E-state index in [-0.39, 0.29) is 6.09 Å². The third-order valence-corrected chi connectivity index (χ3v) is 2.85. The number of nitrogens with one attached hydrogen (secondary N) is 1. The highest BCUT2D eigenvalue weighted by Crippen LogP contribution is 2.04. The first-order valence-corrected chi connectivity index (χ1v) is 6.42. The number of rotatable bonds is 5. The molecular weight excluding hydrogens is 218 g/mol. The van der Waals surface area contributed by atoms with Crippen molar-refractivity contribution in [3.8, 4) is 0 Å². The first-order valence-electron chi connectivity index (χ1n) is 6.42. The third kappa shape index (κ3) is 5.37. The van der Waals surface area contributed by atoms with Crippen molar-refractivity contribution in [2.75, 3.05) is 52.9 Å². The fraction of sp³-hybridized carbons (Fsp3) is 0.917. The first kappa shape index (κ1) is 14.3. The molecule has 5 nitrogen and oxygen atoms in total. The summed E-state index contributed by atoms with van der Waals surface area (Å²) in [5.41, 5.74) is 0. The van der Waals surface area contributed by atoms with Crippen LogP contribution in [-0.2, 0) is 4.74 Å². The smallest absolute Gasteiger partial charge is 0.409 e. The first-order chi connectivity index (χ1) is 8.13. The van der Waals surface area contributed by atoms with Gasteiger partial charge in [0.15, 0.2) is 0 Å². The van der Waals surface area contributed by atoms with E-state index in [1.54, 1.807) is 4.90 Å². The zero-order chi connectivity index (χ0) is 12.7. The molecule has 0 unspecified atom stereocenters. The number of hydrogen-bond donors (Lipinski definition) is 1. The lowest BCUT2D eigenvalue weighted by molar-refractivity contribution is 0.0694. The Balaban J connectivity index is 2.19. The van der Waals surface area contributed by atoms with E-state index in [0.29, 0.717) is 12.5 Å². The Morgan fingerprint density at radius 3 is 2.47 bits per heavy atom. The Hall–Kier alpha value is -0.810. The van der Waals surface area contributed by atoms with Gasteiger partial charge in [0.05, 0.1) is 6.61 Å². The van der Waals surface area contributed by atoms with Crippen molar-refractivity contribution >= 4 is 6.09 Å². The maximum absolute atomic E-state index is 11.7. The van der Waals surface area contributed by atoms with Crippen LogP contribution in [0.5, 0.6) is 0 Å². The van der Waals surface area contributed by atoms with Gasteiger partial charge in [-0.1, -0.05) is 13.8 Å². The number of likely N-dealkylation sites (N-methyl/N-ethyl adjacent to an activating group) is 1. The van der Waals surface area contributed by atoms with Crippen molar-refractivity contribution in [1.82, 2.24) is 15.1 Å². The third-order valence-electron chi connectivity index (χ3n) is 2.85. The average Bonchev–Trinajstić information content (AvgIpc) is 2.34. The Morgan fingerprint density at radius 2 is 1.94 bits per heavy atom. The van der Waals surface area contributed by atoms with Gasteiger partial charge in [-0.05, 0) is 13.0 Å². The van der Waals surface area contributed by atoms with E-state index in [2.05, 4.69) is 10.2 Å². The van der Waals surface area contributed by atoms with E-state index in [1.807, 2.05) is 20.9 Å². The number of amides is 1. The fourth-order valence-electron chi connectivity index (χ4n) is 1.75. The number of ether oxygens (including phenoxy) is 1. The SMILES string of the molecule is CNCCN1CCN(C(=O)OCC(C)C)CC1. The molecule has 0 aromatic rings. The summed E-state index contributed by atoms with van der Waals surface area (Å²) >= 11 is 0. The van der Waals surface area contributed by atoms with Crippen LogP contribution in [0.15, 0.2) is 0 Å². The minimum Gasteiger partial charge on any atom is -0.449 e. The zero-order valence-corrected chi connectivity index (χ0v) is 11.2. The van der Waals surface area contributed by atoms with Crippen molar-refractivity contribution in [1.29, 1.82) is 0 Å². The standard InChI is InChI=1S/C12H25N3O2/c1-11(2)10-17-12(16)15-8-6-14(7-9-15)5-4-13-3/h11,13H,4-10H2,1-3H3. The molecule has 0 atom stereocenters. The van der Waals surface area contributed by atoms with E-state index in [1.165, 1.54) is 0 Å². The normalized spacial score (nSPS) is 17.5. The van der Waals surface area contributed by atoms with Crippen LogP contribution in [-0.4, -0.2) is 68.8 Å². The van der Waals surface area contributed by atoms with Gasteiger partial charge in [-0.2, -0.15) is 0 Å². The van der Waals surface area contributed by atoms with Crippen LogP contribution in [0.3, 0.4) is 0 Å². The molecule has 100 valence electrons. The second-order valence-electron chi connectivity index (χ2n) is 4.90. The number of carbonyl (C=O) groups excluding carboxylic acids is 1. The number of nitrogens with zero attached hydrogens (tertiary/aromatic N) is 2. The van der Waals surface area contributed by atoms with Crippen LogP contribution in [0.4, 0.5) is 4.79 Å². The Kier molecular flexibility index (Phi) is 6.29. The van der Waals surface area contributed by atoms with E-state index in [9.17, 15) is 4.79 Å². The summed E-state index contributed by atoms with van der Waals surface area (Å²) in [6.45, 7) is 10.1. The molecule has 5 heteroatoms. The second-order valence-corrected chi connectivity index (χ2v) is 4.90. The molecule has 1 rings (SSSR count). The van der Waals surface area contributed by atoms with Gasteiger partial charge < -0.3 is 15.0 Å². The molecule has 0 bridgehead atoms. The second kappa shape index (κ2) is 7.50. The lowest BCUT2D eigenvalue weighted by Crippen LogP contribution is -2.50. The summed E-state index contributed by atoms with van der Waals surface area (Å²) in [6.07, 6.45) is -0.160. The van der Waals surface area contributed by atoms with E-state index in [4.69, 9.17) is 4.74 Å². The Labute approximate surface area is 104 Å². The van der Waals surface area contributed by atoms with Crippen LogP contribution >= 0.6 is 0 Å². The van der Waals surface area contributed by atoms with E-state index in [0.717, 1.165) is 39.3 Å². The van der Waals surface area contributed by atoms with Crippen molar-refractivity contribution in [2.45, 2.75) is 13.8 Å².